The van der Waals surface area contributed by atoms with Crippen molar-refractivity contribution in [3.8, 4) is 0 Å². The van der Waals surface area contributed by atoms with Gasteiger partial charge < -0.3 is 9.64 Å². The van der Waals surface area contributed by atoms with Gasteiger partial charge in [-0.05, 0) is 51.5 Å². The van der Waals surface area contributed by atoms with Gasteiger partial charge in [0.1, 0.15) is 5.60 Å². The van der Waals surface area contributed by atoms with E-state index in [-0.39, 0.29) is 11.7 Å². The molecule has 1 saturated heterocycles. The van der Waals surface area contributed by atoms with E-state index in [9.17, 15) is 4.79 Å². The normalized spacial score (nSPS) is 17.1. The molecule has 1 amide bonds. The highest BCUT2D eigenvalue weighted by atomic mass is 32.2. The van der Waals surface area contributed by atoms with E-state index in [2.05, 4.69) is 6.26 Å². The van der Waals surface area contributed by atoms with Crippen molar-refractivity contribution in [2.75, 3.05) is 25.1 Å². The van der Waals surface area contributed by atoms with Gasteiger partial charge in [-0.15, -0.1) is 0 Å². The number of carbonyl (C=O) groups is 1. The van der Waals surface area contributed by atoms with Crippen molar-refractivity contribution in [3.05, 3.63) is 0 Å². The summed E-state index contributed by atoms with van der Waals surface area (Å²) >= 11 is 1.89. The van der Waals surface area contributed by atoms with Crippen molar-refractivity contribution < 1.29 is 9.53 Å². The Morgan fingerprint density at radius 2 is 2.06 bits per heavy atom. The number of ether oxygens (including phenoxy) is 1. The van der Waals surface area contributed by atoms with Gasteiger partial charge in [0.05, 0.1) is 0 Å². The minimum atomic E-state index is -0.374. The van der Waals surface area contributed by atoms with E-state index in [1.54, 1.807) is 4.90 Å². The molecule has 1 fully saturated rings. The van der Waals surface area contributed by atoms with Crippen LogP contribution in [0.2, 0.25) is 0 Å². The van der Waals surface area contributed by atoms with E-state index >= 15 is 0 Å². The number of hydrogen-bond donors (Lipinski definition) is 0. The summed E-state index contributed by atoms with van der Waals surface area (Å²) in [7, 11) is 0. The van der Waals surface area contributed by atoms with Gasteiger partial charge >= 0.3 is 6.09 Å². The van der Waals surface area contributed by atoms with E-state index in [4.69, 9.17) is 4.74 Å². The second-order valence-electron chi connectivity index (χ2n) is 5.39. The van der Waals surface area contributed by atoms with Gasteiger partial charge in [-0.3, -0.25) is 0 Å². The molecular formula is C12H23NO2S. The molecule has 1 heterocycles. The number of carbonyl (C=O) groups excluding carboxylic acids is 1. The van der Waals surface area contributed by atoms with E-state index < -0.39 is 0 Å². The molecule has 0 N–H and O–H groups in total. The monoisotopic (exact) mass is 245 g/mol. The van der Waals surface area contributed by atoms with Crippen molar-refractivity contribution in [1.82, 2.24) is 4.90 Å². The first-order chi connectivity index (χ1) is 7.42. The molecule has 0 aliphatic carbocycles. The Kier molecular flexibility index (Phi) is 4.96. The minimum Gasteiger partial charge on any atom is -0.444 e. The molecule has 16 heavy (non-hydrogen) atoms. The molecule has 1 aliphatic heterocycles. The maximum atomic E-state index is 11.6. The number of thioether (sulfide) groups is 1. The third-order valence-corrected chi connectivity index (χ3v) is 3.27. The molecule has 0 aromatic heterocycles. The number of amides is 1. The lowest BCUT2D eigenvalue weighted by Crippen LogP contribution is -2.51. The van der Waals surface area contributed by atoms with Gasteiger partial charge in [0.2, 0.25) is 0 Å². The van der Waals surface area contributed by atoms with Crippen LogP contribution in [0.3, 0.4) is 0 Å². The second-order valence-corrected chi connectivity index (χ2v) is 6.37. The summed E-state index contributed by atoms with van der Waals surface area (Å²) in [5.41, 5.74) is -0.374. The van der Waals surface area contributed by atoms with Crippen LogP contribution in [0, 0.1) is 5.92 Å². The molecule has 0 atom stereocenters. The van der Waals surface area contributed by atoms with Crippen LogP contribution < -0.4 is 0 Å². The predicted octanol–water partition coefficient (Wildman–Crippen LogP) is 3.00. The van der Waals surface area contributed by atoms with Gasteiger partial charge in [0.15, 0.2) is 0 Å². The average molecular weight is 245 g/mol. The first kappa shape index (κ1) is 13.7. The van der Waals surface area contributed by atoms with Crippen LogP contribution >= 0.6 is 11.8 Å². The highest BCUT2D eigenvalue weighted by molar-refractivity contribution is 7.98. The van der Waals surface area contributed by atoms with E-state index in [1.165, 1.54) is 18.6 Å². The molecule has 0 bridgehead atoms. The zero-order valence-corrected chi connectivity index (χ0v) is 11.6. The molecule has 0 radical (unpaired) electrons. The largest absolute Gasteiger partial charge is 0.444 e. The molecule has 94 valence electrons. The zero-order chi connectivity index (χ0) is 12.2. The van der Waals surface area contributed by atoms with Crippen molar-refractivity contribution in [1.29, 1.82) is 0 Å². The van der Waals surface area contributed by atoms with Crippen LogP contribution in [-0.4, -0.2) is 41.7 Å². The minimum absolute atomic E-state index is 0.159. The van der Waals surface area contributed by atoms with Crippen LogP contribution in [0.15, 0.2) is 0 Å². The van der Waals surface area contributed by atoms with Gasteiger partial charge in [-0.1, -0.05) is 0 Å². The molecule has 0 unspecified atom stereocenters. The summed E-state index contributed by atoms with van der Waals surface area (Å²) in [6, 6.07) is 0. The van der Waals surface area contributed by atoms with Gasteiger partial charge in [0, 0.05) is 13.1 Å². The Morgan fingerprint density at radius 3 is 2.56 bits per heavy atom. The van der Waals surface area contributed by atoms with Crippen LogP contribution in [0.25, 0.3) is 0 Å². The van der Waals surface area contributed by atoms with Gasteiger partial charge in [0.25, 0.3) is 0 Å². The molecule has 0 aromatic carbocycles. The fraction of sp³-hybridized carbons (Fsp3) is 0.917. The lowest BCUT2D eigenvalue weighted by atomic mass is 9.96. The molecule has 1 rings (SSSR count). The summed E-state index contributed by atoms with van der Waals surface area (Å²) in [5, 5.41) is 0. The fourth-order valence-electron chi connectivity index (χ4n) is 1.74. The summed E-state index contributed by atoms with van der Waals surface area (Å²) in [4.78, 5) is 13.4. The summed E-state index contributed by atoms with van der Waals surface area (Å²) in [6.07, 6.45) is 4.47. The van der Waals surface area contributed by atoms with Crippen LogP contribution in [0.1, 0.15) is 33.6 Å². The van der Waals surface area contributed by atoms with Gasteiger partial charge in [-0.2, -0.15) is 11.8 Å². The smallest absolute Gasteiger partial charge is 0.410 e. The lowest BCUT2D eigenvalue weighted by Gasteiger charge is -2.39. The highest BCUT2D eigenvalue weighted by Crippen LogP contribution is 2.23. The first-order valence-corrected chi connectivity index (χ1v) is 7.28. The summed E-state index contributed by atoms with van der Waals surface area (Å²) < 4.78 is 5.30. The topological polar surface area (TPSA) is 29.5 Å². The molecule has 1 aliphatic rings. The maximum absolute atomic E-state index is 11.6. The Morgan fingerprint density at radius 1 is 1.44 bits per heavy atom. The maximum Gasteiger partial charge on any atom is 0.410 e. The number of rotatable bonds is 4. The van der Waals surface area contributed by atoms with Crippen molar-refractivity contribution in [3.63, 3.8) is 0 Å². The van der Waals surface area contributed by atoms with Crippen LogP contribution in [0.5, 0.6) is 0 Å². The van der Waals surface area contributed by atoms with Gasteiger partial charge in [-0.25, -0.2) is 4.79 Å². The van der Waals surface area contributed by atoms with Crippen molar-refractivity contribution in [2.45, 2.75) is 39.2 Å². The molecule has 0 aromatic rings. The van der Waals surface area contributed by atoms with Crippen LogP contribution in [-0.2, 0) is 4.74 Å². The third kappa shape index (κ3) is 4.64. The first-order valence-electron chi connectivity index (χ1n) is 5.89. The standard InChI is InChI=1S/C12H23NO2S/c1-12(2,3)15-11(14)13-8-10(9-13)6-5-7-16-4/h10H,5-9H2,1-4H3. The molecule has 0 saturated carbocycles. The Bertz CT molecular complexity index is 232. The van der Waals surface area contributed by atoms with Crippen LogP contribution in [0.4, 0.5) is 4.79 Å². The Balaban J connectivity index is 2.13. The molecule has 4 heteroatoms. The SMILES string of the molecule is CSCCCC1CN(C(=O)OC(C)(C)C)C1. The molecular weight excluding hydrogens is 222 g/mol. The fourth-order valence-corrected chi connectivity index (χ4v) is 2.20. The molecule has 0 spiro atoms. The third-order valence-electron chi connectivity index (χ3n) is 2.57. The number of hydrogen-bond acceptors (Lipinski definition) is 3. The zero-order valence-electron chi connectivity index (χ0n) is 10.8. The average Bonchev–Trinajstić information content (AvgIpc) is 2.05. The van der Waals surface area contributed by atoms with Crippen molar-refractivity contribution in [2.24, 2.45) is 5.92 Å². The molecule has 3 nitrogen and oxygen atoms in total. The highest BCUT2D eigenvalue weighted by Gasteiger charge is 2.32. The number of nitrogens with zero attached hydrogens (tertiary/aromatic N) is 1. The van der Waals surface area contributed by atoms with E-state index in [0.717, 1.165) is 13.1 Å². The predicted molar refractivity (Wildman–Crippen MR) is 68.9 cm³/mol. The Labute approximate surface area is 103 Å². The number of likely N-dealkylation sites (tertiary alicyclic amines) is 1. The quantitative estimate of drug-likeness (QED) is 0.713. The van der Waals surface area contributed by atoms with Crippen molar-refractivity contribution >= 4 is 17.9 Å². The summed E-state index contributed by atoms with van der Waals surface area (Å²) in [6.45, 7) is 7.47. The second kappa shape index (κ2) is 5.80. The summed E-state index contributed by atoms with van der Waals surface area (Å²) in [5.74, 6) is 1.92. The van der Waals surface area contributed by atoms with E-state index in [0.29, 0.717) is 5.92 Å². The Hall–Kier alpha value is -0.380. The van der Waals surface area contributed by atoms with E-state index in [1.807, 2.05) is 32.5 Å². The lowest BCUT2D eigenvalue weighted by molar-refractivity contribution is -0.00213.